The Morgan fingerprint density at radius 2 is 1.75 bits per heavy atom. The molecule has 3 N–H and O–H groups in total. The number of amides is 1. The van der Waals surface area contributed by atoms with Gasteiger partial charge in [0.15, 0.2) is 0 Å². The molecule has 116 valence electrons. The summed E-state index contributed by atoms with van der Waals surface area (Å²) in [6, 6.07) is -1.21. The maximum Gasteiger partial charge on any atom is 0.328 e. The van der Waals surface area contributed by atoms with Crippen LogP contribution in [0.1, 0.15) is 52.9 Å². The Labute approximate surface area is 121 Å². The third-order valence-corrected chi connectivity index (χ3v) is 4.09. The van der Waals surface area contributed by atoms with Crippen molar-refractivity contribution >= 4 is 11.9 Å². The van der Waals surface area contributed by atoms with Crippen molar-refractivity contribution in [2.75, 3.05) is 7.11 Å². The summed E-state index contributed by atoms with van der Waals surface area (Å²) in [7, 11) is 1.36. The maximum atomic E-state index is 12.2. The predicted molar refractivity (Wildman–Crippen MR) is 78.0 cm³/mol. The molecule has 0 aromatic rings. The molecular formula is C15H28N2O3. The number of ether oxygens (including phenoxy) is 1. The molecule has 0 bridgehead atoms. The van der Waals surface area contributed by atoms with Crippen LogP contribution in [0.15, 0.2) is 0 Å². The van der Waals surface area contributed by atoms with Crippen molar-refractivity contribution in [2.45, 2.75) is 65.0 Å². The minimum absolute atomic E-state index is 0.160. The first-order valence-corrected chi connectivity index (χ1v) is 7.41. The molecule has 20 heavy (non-hydrogen) atoms. The summed E-state index contributed by atoms with van der Waals surface area (Å²) < 4.78 is 4.84. The molecule has 5 heteroatoms. The SMILES string of the molecule is COC(=O)C(NC(=O)[C@@H](N)C(C)(C)C)C1CCCCC1. The number of esters is 1. The lowest BCUT2D eigenvalue weighted by molar-refractivity contribution is -0.147. The van der Waals surface area contributed by atoms with Crippen molar-refractivity contribution in [2.24, 2.45) is 17.1 Å². The van der Waals surface area contributed by atoms with Crippen LogP contribution in [0.4, 0.5) is 0 Å². The Morgan fingerprint density at radius 3 is 2.20 bits per heavy atom. The highest BCUT2D eigenvalue weighted by Crippen LogP contribution is 2.27. The lowest BCUT2D eigenvalue weighted by atomic mass is 9.82. The van der Waals surface area contributed by atoms with E-state index in [1.165, 1.54) is 13.5 Å². The summed E-state index contributed by atoms with van der Waals surface area (Å²) in [5.74, 6) is -0.489. The van der Waals surface area contributed by atoms with Gasteiger partial charge in [-0.3, -0.25) is 4.79 Å². The van der Waals surface area contributed by atoms with Crippen molar-refractivity contribution in [1.29, 1.82) is 0 Å². The molecule has 1 aliphatic rings. The molecule has 0 aliphatic heterocycles. The van der Waals surface area contributed by atoms with Crippen LogP contribution in [0.3, 0.4) is 0 Å². The quantitative estimate of drug-likeness (QED) is 0.768. The summed E-state index contributed by atoms with van der Waals surface area (Å²) in [4.78, 5) is 24.2. The van der Waals surface area contributed by atoms with E-state index in [9.17, 15) is 9.59 Å². The van der Waals surface area contributed by atoms with E-state index in [0.29, 0.717) is 0 Å². The van der Waals surface area contributed by atoms with Gasteiger partial charge in [-0.25, -0.2) is 4.79 Å². The molecule has 5 nitrogen and oxygen atoms in total. The molecule has 0 aromatic heterocycles. The van der Waals surface area contributed by atoms with Gasteiger partial charge in [0.05, 0.1) is 13.2 Å². The van der Waals surface area contributed by atoms with Crippen LogP contribution in [0.25, 0.3) is 0 Å². The van der Waals surface area contributed by atoms with Crippen LogP contribution in [0, 0.1) is 11.3 Å². The van der Waals surface area contributed by atoms with Crippen LogP contribution >= 0.6 is 0 Å². The standard InChI is InChI=1S/C15H28N2O3/c1-15(2,3)12(16)13(18)17-11(14(19)20-4)10-8-6-5-7-9-10/h10-12H,5-9,16H2,1-4H3,(H,17,18)/t11?,12-/m1/s1. The second-order valence-corrected chi connectivity index (χ2v) is 6.75. The molecule has 1 saturated carbocycles. The molecule has 0 saturated heterocycles. The van der Waals surface area contributed by atoms with E-state index >= 15 is 0 Å². The fourth-order valence-corrected chi connectivity index (χ4v) is 2.60. The lowest BCUT2D eigenvalue weighted by Gasteiger charge is -2.32. The molecule has 1 rings (SSSR count). The number of hydrogen-bond acceptors (Lipinski definition) is 4. The monoisotopic (exact) mass is 284 g/mol. The van der Waals surface area contributed by atoms with Crippen LogP contribution < -0.4 is 11.1 Å². The Morgan fingerprint density at radius 1 is 1.20 bits per heavy atom. The second kappa shape index (κ2) is 7.07. The highest BCUT2D eigenvalue weighted by atomic mass is 16.5. The lowest BCUT2D eigenvalue weighted by Crippen LogP contribution is -2.55. The molecular weight excluding hydrogens is 256 g/mol. The number of nitrogens with two attached hydrogens (primary N) is 1. The number of hydrogen-bond donors (Lipinski definition) is 2. The average molecular weight is 284 g/mol. The molecule has 1 unspecified atom stereocenters. The van der Waals surface area contributed by atoms with E-state index in [0.717, 1.165) is 25.7 Å². The van der Waals surface area contributed by atoms with Gasteiger partial charge in [0.2, 0.25) is 5.91 Å². The van der Waals surface area contributed by atoms with Gasteiger partial charge in [-0.05, 0) is 24.2 Å². The zero-order valence-electron chi connectivity index (χ0n) is 13.1. The molecule has 0 spiro atoms. The van der Waals surface area contributed by atoms with Crippen molar-refractivity contribution in [3.8, 4) is 0 Å². The number of rotatable bonds is 4. The van der Waals surface area contributed by atoms with E-state index in [2.05, 4.69) is 5.32 Å². The van der Waals surface area contributed by atoms with E-state index in [1.807, 2.05) is 20.8 Å². The zero-order chi connectivity index (χ0) is 15.3. The first-order chi connectivity index (χ1) is 9.27. The summed E-state index contributed by atoms with van der Waals surface area (Å²) in [6.07, 6.45) is 5.29. The number of nitrogens with one attached hydrogen (secondary N) is 1. The summed E-state index contributed by atoms with van der Waals surface area (Å²) >= 11 is 0. The Bertz CT molecular complexity index is 344. The van der Waals surface area contributed by atoms with Crippen molar-refractivity contribution < 1.29 is 14.3 Å². The zero-order valence-corrected chi connectivity index (χ0v) is 13.1. The minimum atomic E-state index is -0.641. The topological polar surface area (TPSA) is 81.4 Å². The van der Waals surface area contributed by atoms with Crippen molar-refractivity contribution in [3.63, 3.8) is 0 Å². The fraction of sp³-hybridized carbons (Fsp3) is 0.867. The summed E-state index contributed by atoms with van der Waals surface area (Å²) in [5, 5.41) is 2.81. The predicted octanol–water partition coefficient (Wildman–Crippen LogP) is 1.60. The molecule has 1 aliphatic carbocycles. The van der Waals surface area contributed by atoms with Crippen molar-refractivity contribution in [1.82, 2.24) is 5.32 Å². The van der Waals surface area contributed by atoms with E-state index in [1.54, 1.807) is 0 Å². The molecule has 2 atom stereocenters. The van der Waals surface area contributed by atoms with Gasteiger partial charge in [0.25, 0.3) is 0 Å². The van der Waals surface area contributed by atoms with E-state index < -0.39 is 12.1 Å². The van der Waals surface area contributed by atoms with Crippen LogP contribution in [0.5, 0.6) is 0 Å². The van der Waals surface area contributed by atoms with Crippen LogP contribution in [-0.2, 0) is 14.3 Å². The van der Waals surface area contributed by atoms with Crippen molar-refractivity contribution in [3.05, 3.63) is 0 Å². The third-order valence-electron chi connectivity index (χ3n) is 4.09. The van der Waals surface area contributed by atoms with Gasteiger partial charge < -0.3 is 15.8 Å². The molecule has 0 heterocycles. The van der Waals surface area contributed by atoms with Gasteiger partial charge in [-0.2, -0.15) is 0 Å². The molecule has 0 aromatic carbocycles. The molecule has 1 fully saturated rings. The average Bonchev–Trinajstić information content (AvgIpc) is 2.42. The number of methoxy groups -OCH3 is 1. The van der Waals surface area contributed by atoms with Gasteiger partial charge in [-0.15, -0.1) is 0 Å². The fourth-order valence-electron chi connectivity index (χ4n) is 2.60. The molecule has 1 amide bonds. The van der Waals surface area contributed by atoms with Gasteiger partial charge in [0.1, 0.15) is 6.04 Å². The Kier molecular flexibility index (Phi) is 5.99. The number of carbonyl (C=O) groups is 2. The minimum Gasteiger partial charge on any atom is -0.467 e. The third kappa shape index (κ3) is 4.47. The normalized spacial score (nSPS) is 20.1. The summed E-state index contributed by atoms with van der Waals surface area (Å²) in [6.45, 7) is 5.72. The van der Waals surface area contributed by atoms with Crippen LogP contribution in [-0.4, -0.2) is 31.1 Å². The Hall–Kier alpha value is -1.10. The van der Waals surface area contributed by atoms with E-state index in [-0.39, 0.29) is 23.2 Å². The van der Waals surface area contributed by atoms with E-state index in [4.69, 9.17) is 10.5 Å². The van der Waals surface area contributed by atoms with Gasteiger partial charge in [0, 0.05) is 0 Å². The van der Waals surface area contributed by atoms with Gasteiger partial charge in [-0.1, -0.05) is 40.0 Å². The Balaban J connectivity index is 2.74. The number of carbonyl (C=O) groups excluding carboxylic acids is 2. The maximum absolute atomic E-state index is 12.2. The molecule has 0 radical (unpaired) electrons. The summed E-state index contributed by atoms with van der Waals surface area (Å²) in [5.41, 5.74) is 5.61. The largest absolute Gasteiger partial charge is 0.467 e. The highest BCUT2D eigenvalue weighted by molar-refractivity contribution is 5.88. The van der Waals surface area contributed by atoms with Crippen LogP contribution in [0.2, 0.25) is 0 Å². The smallest absolute Gasteiger partial charge is 0.328 e. The first kappa shape index (κ1) is 17.0. The second-order valence-electron chi connectivity index (χ2n) is 6.75. The van der Waals surface area contributed by atoms with Gasteiger partial charge >= 0.3 is 5.97 Å². The highest BCUT2D eigenvalue weighted by Gasteiger charge is 2.35. The first-order valence-electron chi connectivity index (χ1n) is 7.41.